The maximum atomic E-state index is 12.6. The van der Waals surface area contributed by atoms with Crippen molar-refractivity contribution < 1.29 is 14.3 Å². The number of fused-ring (bicyclic) bond motifs is 1. The van der Waals surface area contributed by atoms with Crippen molar-refractivity contribution in [3.8, 4) is 11.5 Å². The van der Waals surface area contributed by atoms with E-state index in [0.717, 1.165) is 21.5 Å². The van der Waals surface area contributed by atoms with Crippen LogP contribution in [-0.2, 0) is 0 Å². The monoisotopic (exact) mass is 434 g/mol. The Hall–Kier alpha value is -2.35. The minimum atomic E-state index is -0.364. The van der Waals surface area contributed by atoms with Gasteiger partial charge in [-0.15, -0.1) is 11.3 Å². The highest BCUT2D eigenvalue weighted by molar-refractivity contribution is 7.80. The van der Waals surface area contributed by atoms with Crippen LogP contribution in [0.1, 0.15) is 23.5 Å². The molecule has 0 saturated carbocycles. The van der Waals surface area contributed by atoms with Crippen molar-refractivity contribution in [1.82, 2.24) is 5.32 Å². The molecule has 0 aliphatic heterocycles. The molecule has 0 fully saturated rings. The van der Waals surface area contributed by atoms with Crippen molar-refractivity contribution in [3.63, 3.8) is 0 Å². The van der Waals surface area contributed by atoms with Gasteiger partial charge < -0.3 is 14.8 Å². The minimum absolute atomic E-state index is 0.0654. The van der Waals surface area contributed by atoms with Gasteiger partial charge in [0, 0.05) is 21.8 Å². The largest absolute Gasteiger partial charge is 0.497 e. The van der Waals surface area contributed by atoms with E-state index in [1.165, 1.54) is 11.3 Å². The Balaban J connectivity index is 1.71. The molecule has 8 heteroatoms. The highest BCUT2D eigenvalue weighted by Gasteiger charge is 2.18. The van der Waals surface area contributed by atoms with Crippen LogP contribution in [-0.4, -0.2) is 24.2 Å². The standard InChI is InChI=1S/C20H19ClN2O3S2/c1-11(2)26-14-6-4-5-12(9-14)22-20(27)23-19(24)18-17(21)15-8-7-13(25-3)10-16(15)28-18/h4-11H,1-3H3,(H2,22,23,24,27). The first-order valence-electron chi connectivity index (χ1n) is 8.52. The molecule has 0 spiro atoms. The average molecular weight is 435 g/mol. The molecule has 2 N–H and O–H groups in total. The molecule has 2 aromatic carbocycles. The predicted octanol–water partition coefficient (Wildman–Crippen LogP) is 5.48. The summed E-state index contributed by atoms with van der Waals surface area (Å²) < 4.78 is 11.7. The minimum Gasteiger partial charge on any atom is -0.497 e. The van der Waals surface area contributed by atoms with Crippen LogP contribution in [0.15, 0.2) is 42.5 Å². The number of thiocarbonyl (C=S) groups is 1. The predicted molar refractivity (Wildman–Crippen MR) is 119 cm³/mol. The number of amides is 1. The maximum Gasteiger partial charge on any atom is 0.269 e. The lowest BCUT2D eigenvalue weighted by Crippen LogP contribution is -2.33. The number of ether oxygens (including phenoxy) is 2. The molecule has 1 amide bonds. The van der Waals surface area contributed by atoms with E-state index in [1.54, 1.807) is 13.2 Å². The van der Waals surface area contributed by atoms with Crippen LogP contribution in [0.5, 0.6) is 11.5 Å². The van der Waals surface area contributed by atoms with Crippen molar-refractivity contribution in [3.05, 3.63) is 52.4 Å². The Labute approximate surface area is 177 Å². The van der Waals surface area contributed by atoms with E-state index in [2.05, 4.69) is 10.6 Å². The number of thiophene rings is 1. The SMILES string of the molecule is COc1ccc2c(Cl)c(C(=O)NC(=S)Nc3cccc(OC(C)C)c3)sc2c1. The van der Waals surface area contributed by atoms with Crippen LogP contribution < -0.4 is 20.1 Å². The van der Waals surface area contributed by atoms with E-state index in [4.69, 9.17) is 33.3 Å². The number of nitrogens with one attached hydrogen (secondary N) is 2. The molecule has 0 aliphatic carbocycles. The Morgan fingerprint density at radius 1 is 1.18 bits per heavy atom. The zero-order valence-corrected chi connectivity index (χ0v) is 17.9. The third-order valence-corrected chi connectivity index (χ3v) is 5.59. The summed E-state index contributed by atoms with van der Waals surface area (Å²) in [6.07, 6.45) is 0.0654. The molecule has 1 heterocycles. The van der Waals surface area contributed by atoms with Crippen molar-refractivity contribution in [2.24, 2.45) is 0 Å². The zero-order valence-electron chi connectivity index (χ0n) is 15.5. The summed E-state index contributed by atoms with van der Waals surface area (Å²) >= 11 is 12.9. The van der Waals surface area contributed by atoms with E-state index >= 15 is 0 Å². The molecular formula is C20H19ClN2O3S2. The summed E-state index contributed by atoms with van der Waals surface area (Å²) in [6.45, 7) is 3.91. The van der Waals surface area contributed by atoms with E-state index in [0.29, 0.717) is 15.6 Å². The lowest BCUT2D eigenvalue weighted by molar-refractivity contribution is 0.0982. The number of methoxy groups -OCH3 is 1. The molecule has 3 aromatic rings. The smallest absolute Gasteiger partial charge is 0.269 e. The zero-order chi connectivity index (χ0) is 20.3. The molecule has 146 valence electrons. The number of anilines is 1. The summed E-state index contributed by atoms with van der Waals surface area (Å²) in [7, 11) is 1.59. The summed E-state index contributed by atoms with van der Waals surface area (Å²) in [6, 6.07) is 12.8. The highest BCUT2D eigenvalue weighted by atomic mass is 35.5. The Morgan fingerprint density at radius 2 is 1.96 bits per heavy atom. The maximum absolute atomic E-state index is 12.6. The number of carbonyl (C=O) groups is 1. The fraction of sp³-hybridized carbons (Fsp3) is 0.200. The second-order valence-electron chi connectivity index (χ2n) is 6.21. The van der Waals surface area contributed by atoms with Gasteiger partial charge in [-0.25, -0.2) is 0 Å². The lowest BCUT2D eigenvalue weighted by atomic mass is 10.2. The molecule has 28 heavy (non-hydrogen) atoms. The number of carbonyl (C=O) groups excluding carboxylic acids is 1. The van der Waals surface area contributed by atoms with Gasteiger partial charge in [0.2, 0.25) is 0 Å². The normalized spacial score (nSPS) is 10.8. The number of hydrogen-bond acceptors (Lipinski definition) is 5. The van der Waals surface area contributed by atoms with Gasteiger partial charge in [-0.3, -0.25) is 10.1 Å². The number of rotatable bonds is 5. The fourth-order valence-electron chi connectivity index (χ4n) is 2.56. The summed E-state index contributed by atoms with van der Waals surface area (Å²) in [5.41, 5.74) is 0.718. The molecule has 0 atom stereocenters. The molecule has 3 rings (SSSR count). The van der Waals surface area contributed by atoms with Crippen molar-refractivity contribution in [2.75, 3.05) is 12.4 Å². The van der Waals surface area contributed by atoms with E-state index < -0.39 is 0 Å². The second-order valence-corrected chi connectivity index (χ2v) is 8.05. The second kappa shape index (κ2) is 8.77. The molecule has 0 bridgehead atoms. The van der Waals surface area contributed by atoms with Crippen LogP contribution >= 0.6 is 35.2 Å². The van der Waals surface area contributed by atoms with Crippen LogP contribution in [0.25, 0.3) is 10.1 Å². The van der Waals surface area contributed by atoms with Crippen molar-refractivity contribution in [1.29, 1.82) is 0 Å². The highest BCUT2D eigenvalue weighted by Crippen LogP contribution is 2.37. The number of halogens is 1. The Kier molecular flexibility index (Phi) is 6.39. The summed E-state index contributed by atoms with van der Waals surface area (Å²) in [5.74, 6) is 1.06. The molecule has 1 aromatic heterocycles. The molecule has 0 aliphatic rings. The first kappa shape index (κ1) is 20.4. The van der Waals surface area contributed by atoms with Gasteiger partial charge in [0.15, 0.2) is 5.11 Å². The number of benzene rings is 2. The first-order chi connectivity index (χ1) is 13.4. The van der Waals surface area contributed by atoms with Crippen molar-refractivity contribution >= 4 is 61.9 Å². The summed E-state index contributed by atoms with van der Waals surface area (Å²) in [5, 5.41) is 7.04. The van der Waals surface area contributed by atoms with Gasteiger partial charge in [-0.2, -0.15) is 0 Å². The first-order valence-corrected chi connectivity index (χ1v) is 10.1. The van der Waals surface area contributed by atoms with E-state index in [1.807, 2.05) is 50.2 Å². The molecule has 0 unspecified atom stereocenters. The summed E-state index contributed by atoms with van der Waals surface area (Å²) in [4.78, 5) is 13.0. The molecular weight excluding hydrogens is 416 g/mol. The third kappa shape index (κ3) is 4.73. The average Bonchev–Trinajstić information content (AvgIpc) is 2.97. The topological polar surface area (TPSA) is 59.6 Å². The quantitative estimate of drug-likeness (QED) is 0.521. The third-order valence-electron chi connectivity index (χ3n) is 3.73. The van der Waals surface area contributed by atoms with Crippen LogP contribution in [0.4, 0.5) is 5.69 Å². The van der Waals surface area contributed by atoms with Gasteiger partial charge >= 0.3 is 0 Å². The van der Waals surface area contributed by atoms with Crippen LogP contribution in [0.3, 0.4) is 0 Å². The fourth-order valence-corrected chi connectivity index (χ4v) is 4.21. The number of hydrogen-bond donors (Lipinski definition) is 2. The van der Waals surface area contributed by atoms with E-state index in [-0.39, 0.29) is 17.1 Å². The van der Waals surface area contributed by atoms with Gasteiger partial charge in [0.25, 0.3) is 5.91 Å². The molecule has 5 nitrogen and oxygen atoms in total. The Bertz CT molecular complexity index is 1030. The van der Waals surface area contributed by atoms with Gasteiger partial charge in [0.1, 0.15) is 16.4 Å². The van der Waals surface area contributed by atoms with Gasteiger partial charge in [0.05, 0.1) is 18.2 Å². The van der Waals surface area contributed by atoms with Crippen LogP contribution in [0.2, 0.25) is 5.02 Å². The Morgan fingerprint density at radius 3 is 2.68 bits per heavy atom. The van der Waals surface area contributed by atoms with Gasteiger partial charge in [-0.05, 0) is 56.4 Å². The lowest BCUT2D eigenvalue weighted by Gasteiger charge is -2.12. The van der Waals surface area contributed by atoms with Crippen LogP contribution in [0, 0.1) is 0 Å². The van der Waals surface area contributed by atoms with Gasteiger partial charge in [-0.1, -0.05) is 17.7 Å². The molecule has 0 radical (unpaired) electrons. The van der Waals surface area contributed by atoms with Crippen molar-refractivity contribution in [2.45, 2.75) is 20.0 Å². The molecule has 0 saturated heterocycles. The van der Waals surface area contributed by atoms with E-state index in [9.17, 15) is 4.79 Å².